The van der Waals surface area contributed by atoms with Gasteiger partial charge in [-0.3, -0.25) is 24.3 Å². The summed E-state index contributed by atoms with van der Waals surface area (Å²) in [6, 6.07) is 3.90. The molecule has 2 unspecified atom stereocenters. The number of fused-ring (bicyclic) bond motifs is 8. The summed E-state index contributed by atoms with van der Waals surface area (Å²) in [7, 11) is 1.35. The van der Waals surface area contributed by atoms with E-state index in [2.05, 4.69) is 20.8 Å². The normalized spacial score (nSPS) is 23.1. The van der Waals surface area contributed by atoms with Crippen LogP contribution in [-0.4, -0.2) is 57.5 Å². The van der Waals surface area contributed by atoms with Gasteiger partial charge in [-0.1, -0.05) is 88.5 Å². The number of imide groups is 1. The zero-order chi connectivity index (χ0) is 37.2. The van der Waals surface area contributed by atoms with Crippen LogP contribution in [0.5, 0.6) is 0 Å². The molecule has 5 aliphatic rings. The second-order valence-corrected chi connectivity index (χ2v) is 14.7. The van der Waals surface area contributed by atoms with Crippen molar-refractivity contribution in [2.24, 2.45) is 0 Å². The fraction of sp³-hybridized carbons (Fsp3) is 0.452. The minimum Gasteiger partial charge on any atom is -0.660 e. The molecule has 4 aliphatic heterocycles. The van der Waals surface area contributed by atoms with Crippen LogP contribution in [0.25, 0.3) is 33.8 Å². The molecule has 2 aromatic heterocycles. The second-order valence-electron chi connectivity index (χ2n) is 14.7. The third-order valence-electron chi connectivity index (χ3n) is 11.8. The molecular weight excluding hydrogens is 713 g/mol. The first kappa shape index (κ1) is 38.4. The van der Waals surface area contributed by atoms with Gasteiger partial charge in [-0.05, 0) is 50.3 Å². The summed E-state index contributed by atoms with van der Waals surface area (Å²) < 4.78 is 5.17. The summed E-state index contributed by atoms with van der Waals surface area (Å²) in [4.78, 5) is 64.0. The number of allylic oxidation sites excluding steroid dienone is 3. The van der Waals surface area contributed by atoms with E-state index in [9.17, 15) is 19.5 Å². The minimum absolute atomic E-state index is 0. The number of aromatic nitrogens is 4. The van der Waals surface area contributed by atoms with Gasteiger partial charge in [0.05, 0.1) is 36.7 Å². The van der Waals surface area contributed by atoms with Crippen LogP contribution < -0.4 is 9.97 Å². The Kier molecular flexibility index (Phi) is 10.5. The van der Waals surface area contributed by atoms with Crippen molar-refractivity contribution in [2.45, 2.75) is 110 Å². The molecule has 1 N–H and O–H groups in total. The van der Waals surface area contributed by atoms with Crippen LogP contribution >= 0.6 is 0 Å². The van der Waals surface area contributed by atoms with Gasteiger partial charge in [-0.25, -0.2) is 4.98 Å². The molecule has 2 amide bonds. The van der Waals surface area contributed by atoms with Gasteiger partial charge in [0.15, 0.2) is 0 Å². The Morgan fingerprint density at radius 1 is 1.04 bits per heavy atom. The van der Waals surface area contributed by atoms with Crippen LogP contribution in [0, 0.1) is 6.92 Å². The Hall–Kier alpha value is -4.34. The first-order chi connectivity index (χ1) is 24.9. The number of aliphatic hydroxyl groups is 1. The summed E-state index contributed by atoms with van der Waals surface area (Å²) in [5.41, 5.74) is 8.91. The number of amides is 2. The van der Waals surface area contributed by atoms with Crippen molar-refractivity contribution in [1.82, 2.24) is 24.8 Å². The third-order valence-corrected chi connectivity index (χ3v) is 11.8. The molecule has 2 aromatic rings. The number of carbonyl (C=O) groups excluding carboxylic acids is 3. The molecule has 0 spiro atoms. The maximum Gasteiger partial charge on any atom is 2.00 e. The van der Waals surface area contributed by atoms with Crippen LogP contribution in [-0.2, 0) is 31.4 Å². The number of hydrogen-bond donors (Lipinski definition) is 1. The SMILES string of the molecule is C/C=C1\c2cc3nc(cc4[n-]c5c(c6nc(c7c([n-]2)C1(C)C(O)C=C7)[C@@H](C)[C@@H]6CC(=O)OC)C(=O)N(CCCCCC)C(=O)c5c4C)C(CC)=C3C.[Ni+2]. The predicted octanol–water partition coefficient (Wildman–Crippen LogP) is 7.32. The minimum atomic E-state index is -0.883. The smallest absolute Gasteiger partial charge is 0.660 e. The molecule has 10 nitrogen and oxygen atoms in total. The molecule has 0 saturated heterocycles. The fourth-order valence-corrected chi connectivity index (χ4v) is 8.71. The first-order valence-corrected chi connectivity index (χ1v) is 18.6. The monoisotopic (exact) mass is 759 g/mol. The fourth-order valence-electron chi connectivity index (χ4n) is 8.71. The van der Waals surface area contributed by atoms with Crippen LogP contribution in [0.1, 0.15) is 158 Å². The number of esters is 1. The van der Waals surface area contributed by atoms with E-state index < -0.39 is 29.3 Å². The van der Waals surface area contributed by atoms with E-state index in [1.54, 1.807) is 6.08 Å². The van der Waals surface area contributed by atoms with E-state index in [4.69, 9.17) is 24.7 Å². The van der Waals surface area contributed by atoms with E-state index in [-0.39, 0.29) is 46.8 Å². The second kappa shape index (κ2) is 14.5. The van der Waals surface area contributed by atoms with Crippen molar-refractivity contribution in [3.63, 3.8) is 0 Å². The van der Waals surface area contributed by atoms with E-state index in [0.717, 1.165) is 59.4 Å². The van der Waals surface area contributed by atoms with E-state index >= 15 is 0 Å². The van der Waals surface area contributed by atoms with Crippen LogP contribution in [0.4, 0.5) is 0 Å². The van der Waals surface area contributed by atoms with Crippen molar-refractivity contribution >= 4 is 51.6 Å². The van der Waals surface area contributed by atoms with Crippen molar-refractivity contribution < 1.29 is 40.7 Å². The van der Waals surface area contributed by atoms with Gasteiger partial charge in [0.2, 0.25) is 0 Å². The average molecular weight is 761 g/mol. The number of nitrogens with zero attached hydrogens (tertiary/aromatic N) is 5. The number of rotatable bonds is 8. The van der Waals surface area contributed by atoms with Gasteiger partial charge < -0.3 is 19.8 Å². The largest absolute Gasteiger partial charge is 2.00 e. The molecule has 0 saturated carbocycles. The van der Waals surface area contributed by atoms with Crippen molar-refractivity contribution in [3.8, 4) is 0 Å². The van der Waals surface area contributed by atoms with Gasteiger partial charge in [-0.15, -0.1) is 22.4 Å². The maximum atomic E-state index is 14.7. The Morgan fingerprint density at radius 3 is 2.45 bits per heavy atom. The molecule has 4 atom stereocenters. The van der Waals surface area contributed by atoms with Gasteiger partial charge in [0.1, 0.15) is 0 Å². The Morgan fingerprint density at radius 2 is 1.77 bits per heavy atom. The van der Waals surface area contributed by atoms with Crippen molar-refractivity contribution in [2.75, 3.05) is 13.7 Å². The zero-order valence-electron chi connectivity index (χ0n) is 31.7. The van der Waals surface area contributed by atoms with Gasteiger partial charge in [0.25, 0.3) is 11.8 Å². The summed E-state index contributed by atoms with van der Waals surface area (Å²) in [5.74, 6) is -2.14. The standard InChI is InChI=1S/C42H49N5O5.Ni/c1-9-12-13-14-17-47-40(50)34-23(6)29-19-30-24(10-2)21(4)28(43-30)20-31-27(11-3)42(7)32(48)16-15-25(39(42)45-31)36-22(5)26(18-33(49)52-8)37(46-36)35(41(47)51)38(34)44-29;/h11,15-16,19-20,22,26,32,48H,9-10,12-14,17-18H2,1-8H3,(H2,43,44,45,46,50,51);/q;+2/p-2/b27-11+;/t22-,26-,32?,42?;/m0./s1. The zero-order valence-corrected chi connectivity index (χ0v) is 32.7. The van der Waals surface area contributed by atoms with E-state index in [1.165, 1.54) is 12.0 Å². The molecule has 11 heteroatoms. The number of carbonyl (C=O) groups is 3. The quantitative estimate of drug-likeness (QED) is 0.127. The third kappa shape index (κ3) is 5.82. The number of aliphatic hydroxyl groups excluding tert-OH is 1. The molecule has 1 aliphatic carbocycles. The summed E-state index contributed by atoms with van der Waals surface area (Å²) in [6.07, 6.45) is 9.06. The Balaban J connectivity index is 0.00000481. The number of aryl methyl sites for hydroxylation is 1. The summed E-state index contributed by atoms with van der Waals surface area (Å²) >= 11 is 0. The van der Waals surface area contributed by atoms with Crippen molar-refractivity contribution in [1.29, 1.82) is 0 Å². The van der Waals surface area contributed by atoms with Gasteiger partial charge in [0, 0.05) is 40.6 Å². The average Bonchev–Trinajstić information content (AvgIpc) is 3.80. The van der Waals surface area contributed by atoms with Crippen LogP contribution in [0.2, 0.25) is 0 Å². The topological polar surface area (TPSA) is 138 Å². The van der Waals surface area contributed by atoms with Crippen LogP contribution in [0.15, 0.2) is 24.3 Å². The van der Waals surface area contributed by atoms with Crippen molar-refractivity contribution in [3.05, 3.63) is 80.7 Å². The Labute approximate surface area is 320 Å². The van der Waals surface area contributed by atoms with Crippen LogP contribution in [0.3, 0.4) is 0 Å². The maximum absolute atomic E-state index is 14.7. The number of ether oxygens (including phenoxy) is 1. The number of hydrogen-bond acceptors (Lipinski definition) is 7. The molecule has 280 valence electrons. The Bertz CT molecular complexity index is 2210. The van der Waals surface area contributed by atoms with Gasteiger partial charge in [-0.2, -0.15) is 0 Å². The molecule has 7 rings (SSSR count). The number of unbranched alkanes of at least 4 members (excludes halogenated alkanes) is 3. The van der Waals surface area contributed by atoms with E-state index in [1.807, 2.05) is 52.0 Å². The molecule has 6 heterocycles. The molecule has 0 radical (unpaired) electrons. The number of methoxy groups -OCH3 is 1. The summed E-state index contributed by atoms with van der Waals surface area (Å²) in [6.45, 7) is 14.3. The summed E-state index contributed by atoms with van der Waals surface area (Å²) in [5, 5.41) is 11.6. The molecule has 0 aromatic carbocycles. The molecule has 8 bridgehead atoms. The van der Waals surface area contributed by atoms with E-state index in [0.29, 0.717) is 51.4 Å². The molecular formula is C42H47N5NiO5. The predicted molar refractivity (Wildman–Crippen MR) is 201 cm³/mol. The van der Waals surface area contributed by atoms with Gasteiger partial charge >= 0.3 is 22.5 Å². The molecule has 0 fully saturated rings. The molecule has 53 heavy (non-hydrogen) atoms. The first-order valence-electron chi connectivity index (χ1n) is 18.6.